The zero-order valence-corrected chi connectivity index (χ0v) is 10.4. The number of hydrogen-bond donors (Lipinski definition) is 2. The van der Waals surface area contributed by atoms with Crippen LogP contribution in [0.4, 0.5) is 5.00 Å². The van der Waals surface area contributed by atoms with E-state index in [2.05, 4.69) is 24.1 Å². The Labute approximate surface area is 98.5 Å². The van der Waals surface area contributed by atoms with E-state index in [1.807, 2.05) is 0 Å². The van der Waals surface area contributed by atoms with Crippen molar-refractivity contribution in [1.29, 1.82) is 0 Å². The number of carboxylic acids is 1. The summed E-state index contributed by atoms with van der Waals surface area (Å²) in [5.41, 5.74) is 1.60. The number of thiazole rings is 1. The van der Waals surface area contributed by atoms with Crippen molar-refractivity contribution in [2.45, 2.75) is 19.9 Å². The molecule has 1 atom stereocenters. The Morgan fingerprint density at radius 2 is 2.38 bits per heavy atom. The molecule has 0 spiro atoms. The van der Waals surface area contributed by atoms with Crippen LogP contribution < -0.4 is 5.32 Å². The van der Waals surface area contributed by atoms with E-state index in [-0.39, 0.29) is 11.7 Å². The van der Waals surface area contributed by atoms with Gasteiger partial charge >= 0.3 is 5.97 Å². The number of nitrogens with one attached hydrogen (secondary N) is 1. The molecule has 2 N–H and O–H groups in total. The lowest BCUT2D eigenvalue weighted by Gasteiger charge is -2.21. The Hall–Kier alpha value is -1.14. The van der Waals surface area contributed by atoms with Crippen LogP contribution in [0.15, 0.2) is 5.51 Å². The average Bonchev–Trinajstić information content (AvgIpc) is 2.65. The molecule has 5 nitrogen and oxygen atoms in total. The maximum atomic E-state index is 10.9. The van der Waals surface area contributed by atoms with Gasteiger partial charge in [0.05, 0.1) is 18.2 Å². The lowest BCUT2D eigenvalue weighted by atomic mass is 10.1. The first kappa shape index (κ1) is 12.9. The predicted molar refractivity (Wildman–Crippen MR) is 63.2 cm³/mol. The van der Waals surface area contributed by atoms with Crippen LogP contribution in [0, 0.1) is 5.92 Å². The van der Waals surface area contributed by atoms with Gasteiger partial charge in [0.15, 0.2) is 5.69 Å². The molecule has 1 unspecified atom stereocenters. The summed E-state index contributed by atoms with van der Waals surface area (Å²) in [6.45, 7) is 4.64. The zero-order chi connectivity index (χ0) is 12.1. The predicted octanol–water partition coefficient (Wildman–Crippen LogP) is 1.92. The number of carbonyl (C=O) groups is 1. The average molecular weight is 244 g/mol. The molecule has 90 valence electrons. The quantitative estimate of drug-likeness (QED) is 0.800. The first-order valence-corrected chi connectivity index (χ1v) is 5.86. The third-order valence-corrected chi connectivity index (χ3v) is 3.00. The van der Waals surface area contributed by atoms with Gasteiger partial charge in [0.2, 0.25) is 0 Å². The van der Waals surface area contributed by atoms with Crippen molar-refractivity contribution >= 4 is 22.3 Å². The normalized spacial score (nSPS) is 12.8. The summed E-state index contributed by atoms with van der Waals surface area (Å²) in [5, 5.41) is 12.7. The van der Waals surface area contributed by atoms with Crippen molar-refractivity contribution in [2.75, 3.05) is 19.0 Å². The van der Waals surface area contributed by atoms with Gasteiger partial charge in [-0.05, 0) is 5.92 Å². The molecular formula is C10H16N2O3S. The summed E-state index contributed by atoms with van der Waals surface area (Å²) in [6, 6.07) is 0.0866. The van der Waals surface area contributed by atoms with E-state index < -0.39 is 5.97 Å². The maximum Gasteiger partial charge on any atom is 0.357 e. The van der Waals surface area contributed by atoms with Crippen LogP contribution in [-0.4, -0.2) is 35.8 Å². The number of ether oxygens (including phenoxy) is 1. The molecule has 1 aromatic heterocycles. The van der Waals surface area contributed by atoms with Crippen LogP contribution in [0.1, 0.15) is 24.3 Å². The van der Waals surface area contributed by atoms with Gasteiger partial charge in [-0.2, -0.15) is 0 Å². The fraction of sp³-hybridized carbons (Fsp3) is 0.600. The highest BCUT2D eigenvalue weighted by Gasteiger charge is 2.19. The number of aromatic carboxylic acids is 1. The maximum absolute atomic E-state index is 10.9. The van der Waals surface area contributed by atoms with Crippen LogP contribution >= 0.6 is 11.3 Å². The van der Waals surface area contributed by atoms with Crippen LogP contribution in [0.5, 0.6) is 0 Å². The molecule has 0 saturated carbocycles. The highest BCUT2D eigenvalue weighted by Crippen LogP contribution is 2.22. The Morgan fingerprint density at radius 1 is 1.69 bits per heavy atom. The first-order chi connectivity index (χ1) is 7.56. The minimum absolute atomic E-state index is 0.0757. The molecule has 0 aliphatic heterocycles. The Bertz CT molecular complexity index is 352. The molecule has 0 amide bonds. The topological polar surface area (TPSA) is 71.5 Å². The minimum Gasteiger partial charge on any atom is -0.476 e. The smallest absolute Gasteiger partial charge is 0.357 e. The fourth-order valence-electron chi connectivity index (χ4n) is 1.25. The highest BCUT2D eigenvalue weighted by molar-refractivity contribution is 7.14. The van der Waals surface area contributed by atoms with Crippen molar-refractivity contribution in [3.63, 3.8) is 0 Å². The molecule has 0 aliphatic carbocycles. The van der Waals surface area contributed by atoms with E-state index in [1.165, 1.54) is 16.8 Å². The van der Waals surface area contributed by atoms with E-state index in [4.69, 9.17) is 9.84 Å². The molecule has 16 heavy (non-hydrogen) atoms. The molecule has 6 heteroatoms. The van der Waals surface area contributed by atoms with Gasteiger partial charge in [0, 0.05) is 7.11 Å². The van der Waals surface area contributed by atoms with Gasteiger partial charge < -0.3 is 15.2 Å². The standard InChI is InChI=1S/C10H16N2O3S/c1-6(2)7(4-15-3)12-9-8(10(13)14)11-5-16-9/h5-7,12H,4H2,1-3H3,(H,13,14). The monoisotopic (exact) mass is 244 g/mol. The molecule has 0 fully saturated rings. The summed E-state index contributed by atoms with van der Waals surface area (Å²) >= 11 is 1.29. The minimum atomic E-state index is -1.01. The van der Waals surface area contributed by atoms with Crippen LogP contribution in [0.3, 0.4) is 0 Å². The second-order valence-corrected chi connectivity index (χ2v) is 4.64. The number of methoxy groups -OCH3 is 1. The largest absolute Gasteiger partial charge is 0.476 e. The lowest BCUT2D eigenvalue weighted by molar-refractivity contribution is 0.0692. The number of aromatic nitrogens is 1. The number of carboxylic acid groups (broad SMARTS) is 1. The molecule has 0 saturated heterocycles. The van der Waals surface area contributed by atoms with E-state index >= 15 is 0 Å². The number of hydrogen-bond acceptors (Lipinski definition) is 5. The molecule has 1 aromatic rings. The Balaban J connectivity index is 2.76. The fourth-order valence-corrected chi connectivity index (χ4v) is 1.98. The summed E-state index contributed by atoms with van der Waals surface area (Å²) < 4.78 is 5.09. The van der Waals surface area contributed by atoms with Gasteiger partial charge in [0.25, 0.3) is 0 Å². The van der Waals surface area contributed by atoms with E-state index in [1.54, 1.807) is 7.11 Å². The summed E-state index contributed by atoms with van der Waals surface area (Å²) in [5.74, 6) is -0.660. The summed E-state index contributed by atoms with van der Waals surface area (Å²) in [4.78, 5) is 14.7. The molecule has 0 bridgehead atoms. The van der Waals surface area contributed by atoms with Crippen LogP contribution in [0.2, 0.25) is 0 Å². The first-order valence-electron chi connectivity index (χ1n) is 4.98. The van der Waals surface area contributed by atoms with Gasteiger partial charge in [0.1, 0.15) is 5.00 Å². The van der Waals surface area contributed by atoms with Crippen molar-refractivity contribution in [2.24, 2.45) is 5.92 Å². The molecule has 0 aliphatic rings. The van der Waals surface area contributed by atoms with Crippen molar-refractivity contribution in [1.82, 2.24) is 4.98 Å². The second-order valence-electron chi connectivity index (χ2n) is 3.79. The van der Waals surface area contributed by atoms with E-state index in [0.717, 1.165) is 0 Å². The van der Waals surface area contributed by atoms with Gasteiger partial charge in [-0.25, -0.2) is 9.78 Å². The van der Waals surface area contributed by atoms with Gasteiger partial charge in [-0.1, -0.05) is 13.8 Å². The Morgan fingerprint density at radius 3 is 2.88 bits per heavy atom. The Kier molecular flexibility index (Phi) is 4.70. The molecule has 1 rings (SSSR count). The molecule has 1 heterocycles. The molecule has 0 radical (unpaired) electrons. The van der Waals surface area contributed by atoms with Gasteiger partial charge in [-0.15, -0.1) is 11.3 Å². The summed E-state index contributed by atoms with van der Waals surface area (Å²) in [6.07, 6.45) is 0. The van der Waals surface area contributed by atoms with E-state index in [0.29, 0.717) is 17.5 Å². The number of rotatable bonds is 6. The number of anilines is 1. The lowest BCUT2D eigenvalue weighted by Crippen LogP contribution is -2.30. The molecular weight excluding hydrogens is 228 g/mol. The van der Waals surface area contributed by atoms with E-state index in [9.17, 15) is 4.79 Å². The van der Waals surface area contributed by atoms with Crippen molar-refractivity contribution < 1.29 is 14.6 Å². The van der Waals surface area contributed by atoms with Crippen molar-refractivity contribution in [3.05, 3.63) is 11.2 Å². The van der Waals surface area contributed by atoms with Crippen LogP contribution in [0.25, 0.3) is 0 Å². The zero-order valence-electron chi connectivity index (χ0n) is 9.56. The highest BCUT2D eigenvalue weighted by atomic mass is 32.1. The SMILES string of the molecule is COCC(Nc1scnc1C(=O)O)C(C)C. The molecule has 0 aromatic carbocycles. The summed E-state index contributed by atoms with van der Waals surface area (Å²) in [7, 11) is 1.63. The van der Waals surface area contributed by atoms with Crippen LogP contribution in [-0.2, 0) is 4.74 Å². The third-order valence-electron chi connectivity index (χ3n) is 2.24. The second kappa shape index (κ2) is 5.81. The number of nitrogens with zero attached hydrogens (tertiary/aromatic N) is 1. The van der Waals surface area contributed by atoms with Crippen molar-refractivity contribution in [3.8, 4) is 0 Å². The van der Waals surface area contributed by atoms with Gasteiger partial charge in [-0.3, -0.25) is 0 Å². The third kappa shape index (κ3) is 3.18.